The predicted molar refractivity (Wildman–Crippen MR) is 102 cm³/mol. The number of halogens is 1. The minimum atomic E-state index is -0.698. The number of hydrazone groups is 1. The van der Waals surface area contributed by atoms with Crippen LogP contribution in [0.2, 0.25) is 0 Å². The van der Waals surface area contributed by atoms with Gasteiger partial charge in [0.05, 0.1) is 19.4 Å². The van der Waals surface area contributed by atoms with Crippen LogP contribution in [-0.2, 0) is 14.3 Å². The van der Waals surface area contributed by atoms with Gasteiger partial charge >= 0.3 is 5.97 Å². The zero-order valence-corrected chi connectivity index (χ0v) is 15.3. The highest BCUT2D eigenvalue weighted by molar-refractivity contribution is 6.02. The fraction of sp³-hybridized carbons (Fsp3) is 0.190. The highest BCUT2D eigenvalue weighted by atomic mass is 19.1. The van der Waals surface area contributed by atoms with E-state index >= 15 is 0 Å². The van der Waals surface area contributed by atoms with E-state index in [0.717, 1.165) is 17.4 Å². The Morgan fingerprint density at radius 1 is 1.21 bits per heavy atom. The van der Waals surface area contributed by atoms with Gasteiger partial charge in [-0.15, -0.1) is 0 Å². The van der Waals surface area contributed by atoms with Crippen molar-refractivity contribution >= 4 is 23.7 Å². The number of benzene rings is 2. The average molecular weight is 382 g/mol. The van der Waals surface area contributed by atoms with Crippen LogP contribution in [0, 0.1) is 5.82 Å². The Labute approximate surface area is 161 Å². The number of nitrogens with zero attached hydrogens (tertiary/aromatic N) is 2. The Balaban J connectivity index is 1.51. The van der Waals surface area contributed by atoms with E-state index in [9.17, 15) is 14.0 Å². The average Bonchev–Trinajstić information content (AvgIpc) is 3.21. The van der Waals surface area contributed by atoms with Crippen molar-refractivity contribution in [1.82, 2.24) is 5.01 Å². The van der Waals surface area contributed by atoms with Gasteiger partial charge in [0, 0.05) is 12.5 Å². The van der Waals surface area contributed by atoms with Crippen molar-refractivity contribution in [2.45, 2.75) is 6.42 Å². The molecule has 0 radical (unpaired) electrons. The van der Waals surface area contributed by atoms with Gasteiger partial charge in [-0.05, 0) is 29.3 Å². The van der Waals surface area contributed by atoms with Gasteiger partial charge in [0.2, 0.25) is 0 Å². The molecule has 0 saturated heterocycles. The lowest BCUT2D eigenvalue weighted by atomic mass is 10.1. The number of carbonyl (C=O) groups is 2. The third-order valence-electron chi connectivity index (χ3n) is 4.12. The fourth-order valence-electron chi connectivity index (χ4n) is 2.68. The quantitative estimate of drug-likeness (QED) is 0.569. The summed E-state index contributed by atoms with van der Waals surface area (Å²) in [4.78, 5) is 24.0. The van der Waals surface area contributed by atoms with Crippen LogP contribution in [0.1, 0.15) is 17.5 Å². The number of esters is 1. The summed E-state index contributed by atoms with van der Waals surface area (Å²) in [6, 6.07) is 13.9. The minimum Gasteiger partial charge on any atom is -0.494 e. The Bertz CT molecular complexity index is 925. The molecule has 2 aromatic carbocycles. The van der Waals surface area contributed by atoms with E-state index in [1.54, 1.807) is 6.07 Å². The Kier molecular flexibility index (Phi) is 6.16. The van der Waals surface area contributed by atoms with E-state index in [1.165, 1.54) is 30.3 Å². The monoisotopic (exact) mass is 382 g/mol. The van der Waals surface area contributed by atoms with Crippen LogP contribution in [0.25, 0.3) is 6.08 Å². The Morgan fingerprint density at radius 2 is 2.00 bits per heavy atom. The molecule has 6 nitrogen and oxygen atoms in total. The maximum Gasteiger partial charge on any atom is 0.331 e. The summed E-state index contributed by atoms with van der Waals surface area (Å²) in [6.45, 7) is 0.0350. The number of amides is 1. The molecule has 0 bridgehead atoms. The Hall–Kier alpha value is -3.48. The number of ether oxygens (including phenoxy) is 2. The molecule has 0 N–H and O–H groups in total. The summed E-state index contributed by atoms with van der Waals surface area (Å²) >= 11 is 0. The standard InChI is InChI=1S/C21H19FN2O4/c1-27-19-9-7-15(13-17(19)22)8-10-21(26)28-14-20(25)24-12-11-18(23-24)16-5-3-2-4-6-16/h2-10,13H,11-12,14H2,1H3/b10-8+. The van der Waals surface area contributed by atoms with Crippen LogP contribution in [0.4, 0.5) is 4.39 Å². The maximum atomic E-state index is 13.6. The van der Waals surface area contributed by atoms with Gasteiger partial charge in [-0.25, -0.2) is 14.2 Å². The number of rotatable bonds is 6. The second-order valence-electron chi connectivity index (χ2n) is 6.01. The normalized spacial score (nSPS) is 13.5. The summed E-state index contributed by atoms with van der Waals surface area (Å²) in [5.41, 5.74) is 2.25. The molecule has 0 atom stereocenters. The van der Waals surface area contributed by atoms with Crippen LogP contribution in [0.3, 0.4) is 0 Å². The third-order valence-corrected chi connectivity index (χ3v) is 4.12. The molecule has 0 aromatic heterocycles. The van der Waals surface area contributed by atoms with Crippen LogP contribution in [0.5, 0.6) is 5.75 Å². The number of hydrogen-bond acceptors (Lipinski definition) is 5. The first-order chi connectivity index (χ1) is 13.6. The van der Waals surface area contributed by atoms with Crippen molar-refractivity contribution in [3.8, 4) is 5.75 Å². The zero-order chi connectivity index (χ0) is 19.9. The largest absolute Gasteiger partial charge is 0.494 e. The summed E-state index contributed by atoms with van der Waals surface area (Å²) in [5, 5.41) is 5.60. The van der Waals surface area contributed by atoms with Gasteiger partial charge in [0.15, 0.2) is 18.2 Å². The maximum absolute atomic E-state index is 13.6. The van der Waals surface area contributed by atoms with Gasteiger partial charge < -0.3 is 9.47 Å². The van der Waals surface area contributed by atoms with E-state index in [0.29, 0.717) is 18.5 Å². The van der Waals surface area contributed by atoms with Gasteiger partial charge in [-0.2, -0.15) is 5.10 Å². The topological polar surface area (TPSA) is 68.2 Å². The molecule has 1 amide bonds. The van der Waals surface area contributed by atoms with Crippen LogP contribution in [0.15, 0.2) is 59.7 Å². The van der Waals surface area contributed by atoms with Crippen molar-refractivity contribution in [3.63, 3.8) is 0 Å². The predicted octanol–water partition coefficient (Wildman–Crippen LogP) is 3.03. The van der Waals surface area contributed by atoms with Crippen molar-refractivity contribution in [3.05, 3.63) is 71.6 Å². The van der Waals surface area contributed by atoms with E-state index in [4.69, 9.17) is 9.47 Å². The van der Waals surface area contributed by atoms with Crippen LogP contribution >= 0.6 is 0 Å². The van der Waals surface area contributed by atoms with Crippen LogP contribution in [-0.4, -0.2) is 42.9 Å². The van der Waals surface area contributed by atoms with Crippen molar-refractivity contribution < 1.29 is 23.5 Å². The molecule has 7 heteroatoms. The second-order valence-corrected chi connectivity index (χ2v) is 6.01. The van der Waals surface area contributed by atoms with Crippen molar-refractivity contribution in [2.24, 2.45) is 5.10 Å². The highest BCUT2D eigenvalue weighted by Gasteiger charge is 2.22. The van der Waals surface area contributed by atoms with E-state index < -0.39 is 24.3 Å². The molecular formula is C21H19FN2O4. The molecule has 0 fully saturated rings. The summed E-state index contributed by atoms with van der Waals surface area (Å²) in [7, 11) is 1.37. The molecule has 28 heavy (non-hydrogen) atoms. The molecule has 2 aromatic rings. The molecule has 0 aliphatic carbocycles. The highest BCUT2D eigenvalue weighted by Crippen LogP contribution is 2.18. The fourth-order valence-corrected chi connectivity index (χ4v) is 2.68. The van der Waals surface area contributed by atoms with E-state index in [-0.39, 0.29) is 5.75 Å². The van der Waals surface area contributed by atoms with Gasteiger partial charge in [0.1, 0.15) is 0 Å². The molecular weight excluding hydrogens is 363 g/mol. The van der Waals surface area contributed by atoms with Gasteiger partial charge in [-0.3, -0.25) is 4.79 Å². The van der Waals surface area contributed by atoms with Crippen molar-refractivity contribution in [1.29, 1.82) is 0 Å². The second kappa shape index (κ2) is 8.94. The Morgan fingerprint density at radius 3 is 2.71 bits per heavy atom. The smallest absolute Gasteiger partial charge is 0.331 e. The lowest BCUT2D eigenvalue weighted by molar-refractivity contribution is -0.147. The van der Waals surface area contributed by atoms with Crippen molar-refractivity contribution in [2.75, 3.05) is 20.3 Å². The summed E-state index contributed by atoms with van der Waals surface area (Å²) < 4.78 is 23.4. The minimum absolute atomic E-state index is 0.117. The molecule has 3 rings (SSSR count). The third kappa shape index (κ3) is 4.82. The molecule has 1 aliphatic rings. The number of carbonyl (C=O) groups excluding carboxylic acids is 2. The zero-order valence-electron chi connectivity index (χ0n) is 15.3. The van der Waals surface area contributed by atoms with Crippen LogP contribution < -0.4 is 4.74 Å². The molecule has 1 aliphatic heterocycles. The molecule has 0 spiro atoms. The first kappa shape index (κ1) is 19.3. The lowest BCUT2D eigenvalue weighted by Crippen LogP contribution is -2.28. The van der Waals surface area contributed by atoms with Gasteiger partial charge in [-0.1, -0.05) is 36.4 Å². The van der Waals surface area contributed by atoms with E-state index in [1.807, 2.05) is 30.3 Å². The van der Waals surface area contributed by atoms with E-state index in [2.05, 4.69) is 5.10 Å². The number of hydrogen-bond donors (Lipinski definition) is 0. The molecule has 1 heterocycles. The summed E-state index contributed by atoms with van der Waals surface area (Å²) in [5.74, 6) is -1.51. The first-order valence-corrected chi connectivity index (χ1v) is 8.68. The number of methoxy groups -OCH3 is 1. The molecule has 144 valence electrons. The molecule has 0 unspecified atom stereocenters. The summed E-state index contributed by atoms with van der Waals surface area (Å²) in [6.07, 6.45) is 3.18. The molecule has 0 saturated carbocycles. The SMILES string of the molecule is COc1ccc(/C=C/C(=O)OCC(=O)N2CCC(c3ccccc3)=N2)cc1F. The lowest BCUT2D eigenvalue weighted by Gasteiger charge is -2.10. The first-order valence-electron chi connectivity index (χ1n) is 8.68. The van der Waals surface area contributed by atoms with Gasteiger partial charge in [0.25, 0.3) is 5.91 Å².